The van der Waals surface area contributed by atoms with Crippen LogP contribution in [0.1, 0.15) is 45.4 Å². The normalized spacial score (nSPS) is 14.1. The Kier molecular flexibility index (Phi) is 8.35. The second kappa shape index (κ2) is 14.5. The first-order valence-corrected chi connectivity index (χ1v) is 20.9. The van der Waals surface area contributed by atoms with E-state index in [4.69, 9.17) is 29.9 Å². The van der Waals surface area contributed by atoms with E-state index in [1.165, 1.54) is 27.8 Å². The number of rotatable bonds is 7. The molecule has 0 amide bonds. The monoisotopic (exact) mass is 792 g/mol. The van der Waals surface area contributed by atoms with E-state index in [-0.39, 0.29) is 5.92 Å². The molecule has 8 aromatic carbocycles. The Bertz CT molecular complexity index is 3040. The lowest BCUT2D eigenvalue weighted by Gasteiger charge is -2.31. The average molecular weight is 793 g/mol. The Morgan fingerprint density at radius 1 is 0.290 bits per heavy atom. The lowest BCUT2D eigenvalue weighted by atomic mass is 9.74. The van der Waals surface area contributed by atoms with Gasteiger partial charge in [0.05, 0.1) is 0 Å². The molecule has 1 atom stereocenters. The van der Waals surface area contributed by atoms with Crippen LogP contribution in [0.5, 0.6) is 0 Å². The zero-order chi connectivity index (χ0) is 41.0. The van der Waals surface area contributed by atoms with Crippen molar-refractivity contribution in [3.8, 4) is 67.8 Å². The summed E-state index contributed by atoms with van der Waals surface area (Å²) in [7, 11) is 0. The molecular formula is C56H36N6. The van der Waals surface area contributed by atoms with Gasteiger partial charge >= 0.3 is 0 Å². The van der Waals surface area contributed by atoms with Gasteiger partial charge in [0.15, 0.2) is 34.9 Å². The van der Waals surface area contributed by atoms with Crippen molar-refractivity contribution in [3.63, 3.8) is 0 Å². The first kappa shape index (κ1) is 35.7. The van der Waals surface area contributed by atoms with Crippen molar-refractivity contribution in [2.75, 3.05) is 0 Å². The van der Waals surface area contributed by atoms with Crippen LogP contribution in [0.25, 0.3) is 67.8 Å². The molecule has 0 saturated carbocycles. The number of hydrogen-bond acceptors (Lipinski definition) is 6. The molecule has 6 nitrogen and oxygen atoms in total. The van der Waals surface area contributed by atoms with E-state index in [1.54, 1.807) is 0 Å². The Hall–Kier alpha value is -8.22. The van der Waals surface area contributed by atoms with Gasteiger partial charge in [0.25, 0.3) is 0 Å². The summed E-state index contributed by atoms with van der Waals surface area (Å²) in [6, 6.07) is 73.7. The van der Waals surface area contributed by atoms with Crippen LogP contribution in [-0.4, -0.2) is 29.9 Å². The van der Waals surface area contributed by atoms with E-state index < -0.39 is 5.41 Å². The average Bonchev–Trinajstić information content (AvgIpc) is 3.84. The van der Waals surface area contributed by atoms with Crippen LogP contribution in [0.15, 0.2) is 212 Å². The maximum Gasteiger partial charge on any atom is 0.163 e. The van der Waals surface area contributed by atoms with Gasteiger partial charge in [-0.3, -0.25) is 0 Å². The van der Waals surface area contributed by atoms with Gasteiger partial charge in [0, 0.05) is 28.2 Å². The number of aromatic nitrogens is 6. The first-order chi connectivity index (χ1) is 30.7. The van der Waals surface area contributed by atoms with Gasteiger partial charge in [-0.15, -0.1) is 0 Å². The highest BCUT2D eigenvalue weighted by Crippen LogP contribution is 2.59. The fourth-order valence-electron chi connectivity index (χ4n) is 9.51. The van der Waals surface area contributed by atoms with Crippen molar-refractivity contribution >= 4 is 0 Å². The predicted molar refractivity (Wildman–Crippen MR) is 245 cm³/mol. The lowest BCUT2D eigenvalue weighted by Crippen LogP contribution is -2.34. The summed E-state index contributed by atoms with van der Waals surface area (Å²) >= 11 is 0. The Balaban J connectivity index is 1.24. The molecule has 0 fully saturated rings. The second-order valence-electron chi connectivity index (χ2n) is 15.8. The van der Waals surface area contributed by atoms with Crippen molar-refractivity contribution in [3.05, 3.63) is 252 Å². The molecule has 1 unspecified atom stereocenters. The molecule has 10 aromatic rings. The predicted octanol–water partition coefficient (Wildman–Crippen LogP) is 12.2. The highest BCUT2D eigenvalue weighted by molar-refractivity contribution is 5.92. The minimum Gasteiger partial charge on any atom is -0.211 e. The van der Waals surface area contributed by atoms with E-state index >= 15 is 0 Å². The molecule has 12 rings (SSSR count). The Morgan fingerprint density at radius 3 is 1.18 bits per heavy atom. The van der Waals surface area contributed by atoms with Gasteiger partial charge in [-0.25, -0.2) is 29.9 Å². The quantitative estimate of drug-likeness (QED) is 0.160. The SMILES string of the molecule is c1ccc(-c2nc(-c3ccccc3)nc(C3(c4nc(-c5ccccc5)nc(-c5ccccc5)n4)c4ccccc4-c4cc5c(cc43)C(c3ccccc3)c3ccccc3-5)n2)cc1. The Morgan fingerprint density at radius 2 is 0.694 bits per heavy atom. The molecule has 0 N–H and O–H groups in total. The Labute approximate surface area is 359 Å². The van der Waals surface area contributed by atoms with Crippen LogP contribution in [0.2, 0.25) is 0 Å². The minimum atomic E-state index is -1.22. The zero-order valence-electron chi connectivity index (χ0n) is 33.5. The van der Waals surface area contributed by atoms with E-state index in [9.17, 15) is 0 Å². The molecule has 290 valence electrons. The molecular weight excluding hydrogens is 757 g/mol. The van der Waals surface area contributed by atoms with Gasteiger partial charge in [0.1, 0.15) is 5.41 Å². The minimum absolute atomic E-state index is 0.00495. The van der Waals surface area contributed by atoms with Gasteiger partial charge in [-0.05, 0) is 56.1 Å². The van der Waals surface area contributed by atoms with Crippen molar-refractivity contribution in [1.82, 2.24) is 29.9 Å². The summed E-state index contributed by atoms with van der Waals surface area (Å²) in [5, 5.41) is 0. The number of benzene rings is 8. The van der Waals surface area contributed by atoms with E-state index in [0.717, 1.165) is 44.5 Å². The maximum atomic E-state index is 5.55. The molecule has 0 spiro atoms. The van der Waals surface area contributed by atoms with Crippen LogP contribution in [-0.2, 0) is 5.41 Å². The summed E-state index contributed by atoms with van der Waals surface area (Å²) in [6.07, 6.45) is 0. The van der Waals surface area contributed by atoms with Crippen LogP contribution in [0.3, 0.4) is 0 Å². The van der Waals surface area contributed by atoms with Crippen molar-refractivity contribution < 1.29 is 0 Å². The van der Waals surface area contributed by atoms with Crippen LogP contribution >= 0.6 is 0 Å². The second-order valence-corrected chi connectivity index (χ2v) is 15.8. The third-order valence-electron chi connectivity index (χ3n) is 12.3. The lowest BCUT2D eigenvalue weighted by molar-refractivity contribution is 0.638. The molecule has 0 bridgehead atoms. The van der Waals surface area contributed by atoms with Gasteiger partial charge in [-0.1, -0.05) is 206 Å². The summed E-state index contributed by atoms with van der Waals surface area (Å²) in [5.41, 5.74) is 12.7. The molecule has 0 radical (unpaired) electrons. The number of nitrogens with zero attached hydrogens (tertiary/aromatic N) is 6. The smallest absolute Gasteiger partial charge is 0.163 e. The summed E-state index contributed by atoms with van der Waals surface area (Å²) in [6.45, 7) is 0. The van der Waals surface area contributed by atoms with E-state index in [0.29, 0.717) is 34.9 Å². The third kappa shape index (κ3) is 5.65. The first-order valence-electron chi connectivity index (χ1n) is 20.9. The van der Waals surface area contributed by atoms with Crippen LogP contribution in [0, 0.1) is 0 Å². The van der Waals surface area contributed by atoms with Gasteiger partial charge in [-0.2, -0.15) is 0 Å². The number of hydrogen-bond donors (Lipinski definition) is 0. The molecule has 2 heterocycles. The molecule has 0 aliphatic heterocycles. The van der Waals surface area contributed by atoms with Crippen molar-refractivity contribution in [2.24, 2.45) is 0 Å². The number of fused-ring (bicyclic) bond motifs is 6. The highest BCUT2D eigenvalue weighted by Gasteiger charge is 2.53. The molecule has 62 heavy (non-hydrogen) atoms. The van der Waals surface area contributed by atoms with E-state index in [2.05, 4.69) is 140 Å². The van der Waals surface area contributed by atoms with Crippen LogP contribution in [0.4, 0.5) is 0 Å². The molecule has 6 heteroatoms. The van der Waals surface area contributed by atoms with E-state index in [1.807, 2.05) is 72.8 Å². The summed E-state index contributed by atoms with van der Waals surface area (Å²) in [4.78, 5) is 32.5. The molecule has 2 aliphatic carbocycles. The van der Waals surface area contributed by atoms with Crippen molar-refractivity contribution in [2.45, 2.75) is 11.3 Å². The zero-order valence-corrected chi connectivity index (χ0v) is 33.5. The maximum absolute atomic E-state index is 5.55. The largest absolute Gasteiger partial charge is 0.211 e. The van der Waals surface area contributed by atoms with Crippen LogP contribution < -0.4 is 0 Å². The topological polar surface area (TPSA) is 77.3 Å². The van der Waals surface area contributed by atoms with Gasteiger partial charge < -0.3 is 0 Å². The standard InChI is InChI=1S/C56H36N6/c1-6-20-36(21-7-1)49-43-32-17-16-30-41(43)44-34-45-42-31-18-19-33-47(42)56(48(45)35-46(44)49,54-59-50(37-22-8-2-9-23-37)57-51(60-54)38-24-10-3-11-25-38)55-61-52(39-26-12-4-13-27-39)58-53(62-55)40-28-14-5-15-29-40/h1-35,49H. The fraction of sp³-hybridized carbons (Fsp3) is 0.0357. The summed E-state index contributed by atoms with van der Waals surface area (Å²) < 4.78 is 0. The van der Waals surface area contributed by atoms with Gasteiger partial charge in [0.2, 0.25) is 0 Å². The fourth-order valence-corrected chi connectivity index (χ4v) is 9.51. The molecule has 2 aromatic heterocycles. The van der Waals surface area contributed by atoms with Crippen molar-refractivity contribution in [1.29, 1.82) is 0 Å². The summed E-state index contributed by atoms with van der Waals surface area (Å²) in [5.74, 6) is 3.34. The highest BCUT2D eigenvalue weighted by atomic mass is 15.1. The third-order valence-corrected chi connectivity index (χ3v) is 12.3. The molecule has 2 aliphatic rings. The molecule has 0 saturated heterocycles.